The predicted molar refractivity (Wildman–Crippen MR) is 113 cm³/mol. The first-order valence-electron chi connectivity index (χ1n) is 8.67. The number of halogens is 1. The van der Waals surface area contributed by atoms with Crippen molar-refractivity contribution < 1.29 is 13.9 Å². The number of hydrogen-bond donors (Lipinski definition) is 1. The van der Waals surface area contributed by atoms with Gasteiger partial charge in [0.1, 0.15) is 5.75 Å². The van der Waals surface area contributed by atoms with Crippen molar-refractivity contribution in [2.45, 2.75) is 37.9 Å². The maximum absolute atomic E-state index is 12.4. The van der Waals surface area contributed by atoms with Crippen LogP contribution < -0.4 is 10.1 Å². The molecule has 2 aromatic carbocycles. The SMILES string of the molecule is Cc1ccc(C)c(OCc2nnc(SC(C)C(=O)Nc3ccccc3Br)o2)c1. The van der Waals surface area contributed by atoms with Crippen LogP contribution in [0.4, 0.5) is 5.69 Å². The van der Waals surface area contributed by atoms with Gasteiger partial charge in [0.15, 0.2) is 6.61 Å². The number of nitrogens with one attached hydrogen (secondary N) is 1. The molecule has 6 nitrogen and oxygen atoms in total. The van der Waals surface area contributed by atoms with Crippen molar-refractivity contribution in [1.82, 2.24) is 10.2 Å². The van der Waals surface area contributed by atoms with E-state index >= 15 is 0 Å². The molecule has 1 atom stereocenters. The average Bonchev–Trinajstić information content (AvgIpc) is 3.11. The lowest BCUT2D eigenvalue weighted by Crippen LogP contribution is -2.22. The molecule has 8 heteroatoms. The van der Waals surface area contributed by atoms with E-state index in [1.54, 1.807) is 6.92 Å². The van der Waals surface area contributed by atoms with E-state index in [-0.39, 0.29) is 12.5 Å². The van der Waals surface area contributed by atoms with Gasteiger partial charge in [-0.25, -0.2) is 0 Å². The first-order valence-corrected chi connectivity index (χ1v) is 10.3. The van der Waals surface area contributed by atoms with E-state index in [2.05, 4.69) is 31.4 Å². The number of ether oxygens (including phenoxy) is 1. The number of hydrogen-bond acceptors (Lipinski definition) is 6. The topological polar surface area (TPSA) is 77.2 Å². The zero-order valence-corrected chi connectivity index (χ0v) is 18.1. The number of anilines is 1. The van der Waals surface area contributed by atoms with Crippen molar-refractivity contribution in [2.24, 2.45) is 0 Å². The number of amides is 1. The Balaban J connectivity index is 1.55. The van der Waals surface area contributed by atoms with Crippen LogP contribution in [0.1, 0.15) is 23.9 Å². The van der Waals surface area contributed by atoms with E-state index in [9.17, 15) is 4.79 Å². The summed E-state index contributed by atoms with van der Waals surface area (Å²) in [5, 5.41) is 10.8. The van der Waals surface area contributed by atoms with Gasteiger partial charge < -0.3 is 14.5 Å². The van der Waals surface area contributed by atoms with Crippen LogP contribution in [0.25, 0.3) is 0 Å². The van der Waals surface area contributed by atoms with Gasteiger partial charge in [0.25, 0.3) is 11.1 Å². The lowest BCUT2D eigenvalue weighted by Gasteiger charge is -2.11. The third-order valence-corrected chi connectivity index (χ3v) is 5.55. The highest BCUT2D eigenvalue weighted by atomic mass is 79.9. The number of carbonyl (C=O) groups is 1. The van der Waals surface area contributed by atoms with E-state index < -0.39 is 5.25 Å². The molecule has 0 bridgehead atoms. The summed E-state index contributed by atoms with van der Waals surface area (Å²) in [4.78, 5) is 12.4. The van der Waals surface area contributed by atoms with E-state index in [1.807, 2.05) is 56.3 Å². The molecule has 0 aliphatic heterocycles. The van der Waals surface area contributed by atoms with Crippen LogP contribution in [-0.4, -0.2) is 21.4 Å². The first kappa shape index (κ1) is 20.4. The Bertz CT molecular complexity index is 977. The molecular weight excluding hydrogens is 442 g/mol. The number of carbonyl (C=O) groups excluding carboxylic acids is 1. The molecule has 146 valence electrons. The Morgan fingerprint density at radius 1 is 1.25 bits per heavy atom. The number of aromatic nitrogens is 2. The minimum Gasteiger partial charge on any atom is -0.484 e. The fourth-order valence-corrected chi connectivity index (χ4v) is 3.43. The number of nitrogens with zero attached hydrogens (tertiary/aromatic N) is 2. The standard InChI is InChI=1S/C20H20BrN3O3S/c1-12-8-9-13(2)17(10-12)26-11-18-23-24-20(27-18)28-14(3)19(25)22-16-7-5-4-6-15(16)21/h4-10,14H,11H2,1-3H3,(H,22,25). The molecule has 1 aromatic heterocycles. The molecule has 28 heavy (non-hydrogen) atoms. The van der Waals surface area contributed by atoms with Crippen LogP contribution in [0.15, 0.2) is 56.6 Å². The highest BCUT2D eigenvalue weighted by Gasteiger charge is 2.19. The second-order valence-electron chi connectivity index (χ2n) is 6.25. The predicted octanol–water partition coefficient (Wildman–Crippen LogP) is 5.15. The monoisotopic (exact) mass is 461 g/mol. The maximum atomic E-state index is 12.4. The molecule has 0 radical (unpaired) electrons. The summed E-state index contributed by atoms with van der Waals surface area (Å²) in [6.07, 6.45) is 0. The van der Waals surface area contributed by atoms with E-state index in [0.29, 0.717) is 16.8 Å². The van der Waals surface area contributed by atoms with Crippen LogP contribution in [0.3, 0.4) is 0 Å². The summed E-state index contributed by atoms with van der Waals surface area (Å²) in [5.74, 6) is 0.999. The lowest BCUT2D eigenvalue weighted by atomic mass is 10.1. The summed E-state index contributed by atoms with van der Waals surface area (Å²) in [6, 6.07) is 13.4. The van der Waals surface area contributed by atoms with Crippen LogP contribution in [0, 0.1) is 13.8 Å². The molecule has 1 unspecified atom stereocenters. The highest BCUT2D eigenvalue weighted by Crippen LogP contribution is 2.26. The quantitative estimate of drug-likeness (QED) is 0.490. The van der Waals surface area contributed by atoms with Crippen molar-refractivity contribution in [3.63, 3.8) is 0 Å². The molecule has 1 N–H and O–H groups in total. The molecule has 1 heterocycles. The fraction of sp³-hybridized carbons (Fsp3) is 0.250. The Morgan fingerprint density at radius 3 is 2.82 bits per heavy atom. The Morgan fingerprint density at radius 2 is 2.04 bits per heavy atom. The zero-order valence-electron chi connectivity index (χ0n) is 15.7. The largest absolute Gasteiger partial charge is 0.484 e. The summed E-state index contributed by atoms with van der Waals surface area (Å²) in [7, 11) is 0. The Labute approximate surface area is 176 Å². The normalized spacial score (nSPS) is 11.9. The first-order chi connectivity index (χ1) is 13.4. The van der Waals surface area contributed by atoms with Gasteiger partial charge in [-0.3, -0.25) is 4.79 Å². The Hall–Kier alpha value is -2.32. The molecule has 3 rings (SSSR count). The summed E-state index contributed by atoms with van der Waals surface area (Å²) in [6.45, 7) is 5.95. The molecule has 3 aromatic rings. The van der Waals surface area contributed by atoms with Gasteiger partial charge in [-0.05, 0) is 66.0 Å². The summed E-state index contributed by atoms with van der Waals surface area (Å²) < 4.78 is 12.2. The van der Waals surface area contributed by atoms with Crippen molar-refractivity contribution in [3.8, 4) is 5.75 Å². The molecule has 0 saturated heterocycles. The summed E-state index contributed by atoms with van der Waals surface area (Å²) in [5.41, 5.74) is 2.87. The number of thioether (sulfide) groups is 1. The summed E-state index contributed by atoms with van der Waals surface area (Å²) >= 11 is 4.62. The second-order valence-corrected chi connectivity index (χ2v) is 8.39. The second kappa shape index (κ2) is 9.25. The Kier molecular flexibility index (Phi) is 6.74. The third kappa shape index (κ3) is 5.36. The van der Waals surface area contributed by atoms with Crippen molar-refractivity contribution in [2.75, 3.05) is 5.32 Å². The number of aryl methyl sites for hydroxylation is 2. The average molecular weight is 462 g/mol. The van der Waals surface area contributed by atoms with Crippen LogP contribution in [0.5, 0.6) is 5.75 Å². The molecular formula is C20H20BrN3O3S. The van der Waals surface area contributed by atoms with E-state index in [4.69, 9.17) is 9.15 Å². The molecule has 1 amide bonds. The van der Waals surface area contributed by atoms with Crippen molar-refractivity contribution >= 4 is 39.3 Å². The maximum Gasteiger partial charge on any atom is 0.277 e. The van der Waals surface area contributed by atoms with Gasteiger partial charge in [0, 0.05) is 4.47 Å². The van der Waals surface area contributed by atoms with Gasteiger partial charge in [-0.2, -0.15) is 0 Å². The molecule has 0 aliphatic carbocycles. The molecule has 0 aliphatic rings. The number of para-hydroxylation sites is 1. The molecule has 0 fully saturated rings. The third-order valence-electron chi connectivity index (χ3n) is 3.92. The van der Waals surface area contributed by atoms with Crippen LogP contribution >= 0.6 is 27.7 Å². The van der Waals surface area contributed by atoms with E-state index in [0.717, 1.165) is 21.3 Å². The number of benzene rings is 2. The smallest absolute Gasteiger partial charge is 0.277 e. The minimum atomic E-state index is -0.402. The van der Waals surface area contributed by atoms with Crippen LogP contribution in [-0.2, 0) is 11.4 Å². The van der Waals surface area contributed by atoms with Gasteiger partial charge in [-0.1, -0.05) is 36.0 Å². The lowest BCUT2D eigenvalue weighted by molar-refractivity contribution is -0.115. The van der Waals surface area contributed by atoms with Crippen molar-refractivity contribution in [3.05, 3.63) is 64.0 Å². The highest BCUT2D eigenvalue weighted by molar-refractivity contribution is 9.10. The van der Waals surface area contributed by atoms with Gasteiger partial charge in [-0.15, -0.1) is 10.2 Å². The molecule has 0 saturated carbocycles. The van der Waals surface area contributed by atoms with Gasteiger partial charge in [0.05, 0.1) is 10.9 Å². The zero-order chi connectivity index (χ0) is 20.1. The van der Waals surface area contributed by atoms with Gasteiger partial charge >= 0.3 is 0 Å². The van der Waals surface area contributed by atoms with Crippen LogP contribution in [0.2, 0.25) is 0 Å². The van der Waals surface area contributed by atoms with Crippen molar-refractivity contribution in [1.29, 1.82) is 0 Å². The van der Waals surface area contributed by atoms with E-state index in [1.165, 1.54) is 11.8 Å². The minimum absolute atomic E-state index is 0.150. The number of rotatable bonds is 7. The fourth-order valence-electron chi connectivity index (χ4n) is 2.35. The van der Waals surface area contributed by atoms with Gasteiger partial charge in [0.2, 0.25) is 5.91 Å². The molecule has 0 spiro atoms.